The van der Waals surface area contributed by atoms with Crippen molar-refractivity contribution in [1.82, 2.24) is 4.31 Å². The first-order valence-electron chi connectivity index (χ1n) is 6.98. The zero-order valence-electron chi connectivity index (χ0n) is 11.8. The van der Waals surface area contributed by atoms with Crippen LogP contribution in [0.4, 0.5) is 5.69 Å². The van der Waals surface area contributed by atoms with Crippen LogP contribution in [0.15, 0.2) is 29.2 Å². The van der Waals surface area contributed by atoms with Gasteiger partial charge in [0, 0.05) is 29.4 Å². The van der Waals surface area contributed by atoms with E-state index >= 15 is 0 Å². The largest absolute Gasteiger partial charge is 0.398 e. The zero-order chi connectivity index (χ0) is 14.6. The van der Waals surface area contributed by atoms with Gasteiger partial charge in [-0.15, -0.1) is 11.8 Å². The van der Waals surface area contributed by atoms with Gasteiger partial charge in [-0.25, -0.2) is 12.7 Å². The number of rotatable bonds is 8. The van der Waals surface area contributed by atoms with Crippen LogP contribution in [0.2, 0.25) is 0 Å². The van der Waals surface area contributed by atoms with E-state index in [9.17, 15) is 8.42 Å². The molecular weight excluding hydrogens is 292 g/mol. The number of hydrogen-bond donors (Lipinski definition) is 1. The van der Waals surface area contributed by atoms with Gasteiger partial charge in [-0.1, -0.05) is 19.1 Å². The van der Waals surface area contributed by atoms with E-state index < -0.39 is 10.0 Å². The molecule has 4 nitrogen and oxygen atoms in total. The summed E-state index contributed by atoms with van der Waals surface area (Å²) in [5, 5.41) is 0. The van der Waals surface area contributed by atoms with Gasteiger partial charge in [0.2, 0.25) is 10.0 Å². The van der Waals surface area contributed by atoms with Crippen molar-refractivity contribution < 1.29 is 8.42 Å². The lowest BCUT2D eigenvalue weighted by molar-refractivity contribution is 0.413. The normalized spacial score (nSPS) is 15.7. The summed E-state index contributed by atoms with van der Waals surface area (Å²) in [5.41, 5.74) is 6.56. The Kier molecular flexibility index (Phi) is 5.35. The highest BCUT2D eigenvalue weighted by molar-refractivity contribution is 8.00. The number of para-hydroxylation sites is 1. The number of thioether (sulfide) groups is 1. The number of nitrogen functional groups attached to an aromatic ring is 1. The van der Waals surface area contributed by atoms with E-state index in [4.69, 9.17) is 5.73 Å². The van der Waals surface area contributed by atoms with E-state index in [2.05, 4.69) is 0 Å². The number of anilines is 1. The molecule has 1 saturated carbocycles. The summed E-state index contributed by atoms with van der Waals surface area (Å²) in [6.07, 6.45) is 2.34. The molecule has 0 spiro atoms. The van der Waals surface area contributed by atoms with Gasteiger partial charge in [-0.05, 0) is 30.9 Å². The second kappa shape index (κ2) is 6.83. The minimum absolute atomic E-state index is 0.173. The summed E-state index contributed by atoms with van der Waals surface area (Å²) >= 11 is 1.51. The van der Waals surface area contributed by atoms with Crippen LogP contribution in [-0.4, -0.2) is 37.3 Å². The molecule has 0 saturated heterocycles. The second-order valence-corrected chi connectivity index (χ2v) is 8.32. The highest BCUT2D eigenvalue weighted by Gasteiger charge is 2.29. The van der Waals surface area contributed by atoms with E-state index in [0.29, 0.717) is 30.4 Å². The number of nitrogens with zero attached hydrogens (tertiary/aromatic N) is 1. The van der Waals surface area contributed by atoms with E-state index in [1.807, 2.05) is 31.2 Å². The Hall–Kier alpha value is -0.720. The Morgan fingerprint density at radius 2 is 2.05 bits per heavy atom. The minimum Gasteiger partial charge on any atom is -0.398 e. The highest BCUT2D eigenvalue weighted by Crippen LogP contribution is 2.31. The van der Waals surface area contributed by atoms with Crippen molar-refractivity contribution in [1.29, 1.82) is 0 Å². The van der Waals surface area contributed by atoms with Gasteiger partial charge in [0.15, 0.2) is 0 Å². The highest BCUT2D eigenvalue weighted by atomic mass is 32.2. The summed E-state index contributed by atoms with van der Waals surface area (Å²) in [6, 6.07) is 7.56. The fourth-order valence-electron chi connectivity index (χ4n) is 2.03. The lowest BCUT2D eigenvalue weighted by Gasteiger charge is -2.20. The van der Waals surface area contributed by atoms with Gasteiger partial charge in [-0.3, -0.25) is 0 Å². The molecule has 0 heterocycles. The third kappa shape index (κ3) is 4.40. The molecule has 0 radical (unpaired) electrons. The molecule has 0 bridgehead atoms. The molecular formula is C14H22N2O2S2. The molecule has 0 aliphatic heterocycles. The Bertz CT molecular complexity index is 542. The van der Waals surface area contributed by atoms with Crippen molar-refractivity contribution in [2.75, 3.05) is 30.3 Å². The van der Waals surface area contributed by atoms with Crippen molar-refractivity contribution in [3.8, 4) is 0 Å². The maximum Gasteiger partial charge on any atom is 0.214 e. The van der Waals surface area contributed by atoms with Crippen LogP contribution < -0.4 is 5.73 Å². The summed E-state index contributed by atoms with van der Waals surface area (Å²) in [5.74, 6) is 1.30. The van der Waals surface area contributed by atoms with Crippen LogP contribution >= 0.6 is 11.8 Å². The standard InChI is InChI=1S/C14H22N2O2S2/c1-2-16(11-12-7-8-12)20(17,18)10-9-19-14-6-4-3-5-13(14)15/h3-6,12H,2,7-11,15H2,1H3. The number of benzene rings is 1. The van der Waals surface area contributed by atoms with Crippen molar-refractivity contribution in [3.63, 3.8) is 0 Å². The van der Waals surface area contributed by atoms with Gasteiger partial charge in [-0.2, -0.15) is 0 Å². The molecule has 0 aromatic heterocycles. The number of hydrogen-bond acceptors (Lipinski definition) is 4. The number of sulfonamides is 1. The number of nitrogens with two attached hydrogens (primary N) is 1. The monoisotopic (exact) mass is 314 g/mol. The topological polar surface area (TPSA) is 63.4 Å². The maximum absolute atomic E-state index is 12.3. The average Bonchev–Trinajstić information content (AvgIpc) is 3.22. The molecule has 0 amide bonds. The van der Waals surface area contributed by atoms with Gasteiger partial charge in [0.05, 0.1) is 5.75 Å². The van der Waals surface area contributed by atoms with Crippen LogP contribution in [0.1, 0.15) is 19.8 Å². The van der Waals surface area contributed by atoms with E-state index in [0.717, 1.165) is 4.90 Å². The van der Waals surface area contributed by atoms with Crippen LogP contribution in [0.3, 0.4) is 0 Å². The van der Waals surface area contributed by atoms with Crippen LogP contribution in [0, 0.1) is 5.92 Å². The predicted molar refractivity (Wildman–Crippen MR) is 85.3 cm³/mol. The van der Waals surface area contributed by atoms with Crippen LogP contribution in [0.5, 0.6) is 0 Å². The summed E-state index contributed by atoms with van der Waals surface area (Å²) in [7, 11) is -3.14. The first-order valence-corrected chi connectivity index (χ1v) is 9.57. The maximum atomic E-state index is 12.3. The minimum atomic E-state index is -3.14. The molecule has 112 valence electrons. The van der Waals surface area contributed by atoms with E-state index in [1.165, 1.54) is 24.6 Å². The van der Waals surface area contributed by atoms with E-state index in [1.54, 1.807) is 4.31 Å². The SMILES string of the molecule is CCN(CC1CC1)S(=O)(=O)CCSc1ccccc1N. The third-order valence-electron chi connectivity index (χ3n) is 3.42. The Morgan fingerprint density at radius 3 is 2.65 bits per heavy atom. The molecule has 1 aliphatic rings. The summed E-state index contributed by atoms with van der Waals surface area (Å²) in [4.78, 5) is 0.952. The molecule has 6 heteroatoms. The third-order valence-corrected chi connectivity index (χ3v) is 6.69. The summed E-state index contributed by atoms with van der Waals surface area (Å²) < 4.78 is 26.2. The molecule has 1 fully saturated rings. The molecule has 1 aromatic rings. The Labute approximate surface area is 125 Å². The summed E-state index contributed by atoms with van der Waals surface area (Å²) in [6.45, 7) is 3.16. The van der Waals surface area contributed by atoms with E-state index in [-0.39, 0.29) is 5.75 Å². The van der Waals surface area contributed by atoms with Crippen molar-refractivity contribution in [2.45, 2.75) is 24.7 Å². The lowest BCUT2D eigenvalue weighted by Crippen LogP contribution is -2.35. The second-order valence-electron chi connectivity index (χ2n) is 5.10. The van der Waals surface area contributed by atoms with Crippen molar-refractivity contribution in [3.05, 3.63) is 24.3 Å². The lowest BCUT2D eigenvalue weighted by atomic mass is 10.3. The predicted octanol–water partition coefficient (Wildman–Crippen LogP) is 2.42. The smallest absolute Gasteiger partial charge is 0.214 e. The molecule has 0 atom stereocenters. The zero-order valence-corrected chi connectivity index (χ0v) is 13.4. The molecule has 20 heavy (non-hydrogen) atoms. The average molecular weight is 314 g/mol. The fourth-order valence-corrected chi connectivity index (χ4v) is 4.92. The van der Waals surface area contributed by atoms with Crippen LogP contribution in [0.25, 0.3) is 0 Å². The van der Waals surface area contributed by atoms with Gasteiger partial charge >= 0.3 is 0 Å². The Morgan fingerprint density at radius 1 is 1.35 bits per heavy atom. The van der Waals surface area contributed by atoms with Crippen LogP contribution in [-0.2, 0) is 10.0 Å². The van der Waals surface area contributed by atoms with Gasteiger partial charge in [0.1, 0.15) is 0 Å². The van der Waals surface area contributed by atoms with Crippen molar-refractivity contribution in [2.24, 2.45) is 5.92 Å². The molecule has 0 unspecified atom stereocenters. The Balaban J connectivity index is 1.86. The molecule has 1 aliphatic carbocycles. The first kappa shape index (κ1) is 15.7. The molecule has 1 aromatic carbocycles. The molecule has 2 N–H and O–H groups in total. The quantitative estimate of drug-likeness (QED) is 0.591. The fraction of sp³-hybridized carbons (Fsp3) is 0.571. The van der Waals surface area contributed by atoms with Gasteiger partial charge < -0.3 is 5.73 Å². The van der Waals surface area contributed by atoms with Gasteiger partial charge in [0.25, 0.3) is 0 Å². The first-order chi connectivity index (χ1) is 9.53. The molecule has 2 rings (SSSR count). The van der Waals surface area contributed by atoms with Crippen molar-refractivity contribution >= 4 is 27.5 Å².